The smallest absolute Gasteiger partial charge is 0.362 e. The third-order valence-corrected chi connectivity index (χ3v) is 7.56. The van der Waals surface area contributed by atoms with Crippen molar-refractivity contribution in [2.24, 2.45) is 0 Å². The van der Waals surface area contributed by atoms with Gasteiger partial charge in [-0.3, -0.25) is 9.59 Å². The second kappa shape index (κ2) is 10.3. The lowest BCUT2D eigenvalue weighted by atomic mass is 9.71. The fourth-order valence-corrected chi connectivity index (χ4v) is 5.58. The summed E-state index contributed by atoms with van der Waals surface area (Å²) < 4.78 is 41.7. The highest BCUT2D eigenvalue weighted by molar-refractivity contribution is 9.10. The predicted octanol–water partition coefficient (Wildman–Crippen LogP) is 7.47. The van der Waals surface area contributed by atoms with Crippen molar-refractivity contribution in [1.82, 2.24) is 5.32 Å². The van der Waals surface area contributed by atoms with Gasteiger partial charge in [-0.15, -0.1) is 0 Å². The number of rotatable bonds is 4. The normalized spacial score (nSPS) is 19.7. The van der Waals surface area contributed by atoms with E-state index in [1.165, 1.54) is 18.2 Å². The number of anilines is 1. The van der Waals surface area contributed by atoms with Crippen LogP contribution >= 0.6 is 15.9 Å². The Morgan fingerprint density at radius 3 is 2.26 bits per heavy atom. The lowest BCUT2D eigenvalue weighted by molar-refractivity contribution is -0.137. The predicted molar refractivity (Wildman–Crippen MR) is 143 cm³/mol. The molecule has 0 unspecified atom stereocenters. The minimum Gasteiger partial charge on any atom is -0.362 e. The van der Waals surface area contributed by atoms with Crippen molar-refractivity contribution in [3.63, 3.8) is 0 Å². The number of para-hydroxylation sites is 1. The van der Waals surface area contributed by atoms with Crippen molar-refractivity contribution >= 4 is 33.3 Å². The first kappa shape index (κ1) is 26.0. The second-order valence-corrected chi connectivity index (χ2v) is 10.4. The van der Waals surface area contributed by atoms with Crippen molar-refractivity contribution in [2.45, 2.75) is 37.8 Å². The molecule has 38 heavy (non-hydrogen) atoms. The third-order valence-electron chi connectivity index (χ3n) is 7.03. The third kappa shape index (κ3) is 5.05. The maximum Gasteiger partial charge on any atom is 0.418 e. The number of hydrogen-bond donors (Lipinski definition) is 2. The Morgan fingerprint density at radius 2 is 1.58 bits per heavy atom. The van der Waals surface area contributed by atoms with Crippen LogP contribution in [0.5, 0.6) is 0 Å². The molecule has 2 aliphatic rings. The summed E-state index contributed by atoms with van der Waals surface area (Å²) in [5, 5.41) is 5.74. The molecule has 0 radical (unpaired) electrons. The molecule has 2 N–H and O–H groups in total. The van der Waals surface area contributed by atoms with Gasteiger partial charge in [0.1, 0.15) is 0 Å². The molecule has 0 spiro atoms. The highest BCUT2D eigenvalue weighted by atomic mass is 79.9. The molecule has 194 valence electrons. The average molecular weight is 581 g/mol. The van der Waals surface area contributed by atoms with E-state index in [2.05, 4.69) is 26.6 Å². The molecule has 1 heterocycles. The van der Waals surface area contributed by atoms with Gasteiger partial charge in [-0.1, -0.05) is 70.5 Å². The molecule has 1 aliphatic heterocycles. The van der Waals surface area contributed by atoms with Crippen LogP contribution in [-0.2, 0) is 15.8 Å². The topological polar surface area (TPSA) is 58.2 Å². The number of carbonyl (C=O) groups excluding carboxylic acids is 2. The van der Waals surface area contributed by atoms with Crippen LogP contribution in [0.2, 0.25) is 0 Å². The first-order chi connectivity index (χ1) is 18.1. The number of carbonyl (C=O) groups is 2. The van der Waals surface area contributed by atoms with Gasteiger partial charge in [0.15, 0.2) is 5.78 Å². The van der Waals surface area contributed by atoms with E-state index in [9.17, 15) is 22.8 Å². The number of Topliss-reactive ketones (excluding diaryl/α,β-unsaturated/α-hetero) is 1. The molecule has 8 heteroatoms. The first-order valence-electron chi connectivity index (χ1n) is 12.2. The van der Waals surface area contributed by atoms with Gasteiger partial charge in [0.2, 0.25) is 0 Å². The molecule has 3 aromatic rings. The molecule has 0 bridgehead atoms. The second-order valence-electron chi connectivity index (χ2n) is 9.48. The molecule has 1 aliphatic carbocycles. The number of hydrogen-bond acceptors (Lipinski definition) is 3. The maximum atomic E-state index is 13.7. The van der Waals surface area contributed by atoms with Crippen LogP contribution in [0, 0.1) is 0 Å². The Morgan fingerprint density at radius 1 is 0.921 bits per heavy atom. The van der Waals surface area contributed by atoms with Crippen molar-refractivity contribution in [3.8, 4) is 0 Å². The Bertz CT molecular complexity index is 1460. The van der Waals surface area contributed by atoms with Gasteiger partial charge in [-0.05, 0) is 54.7 Å². The molecular weight excluding hydrogens is 557 g/mol. The van der Waals surface area contributed by atoms with E-state index in [-0.39, 0.29) is 29.4 Å². The molecule has 1 amide bonds. The summed E-state index contributed by atoms with van der Waals surface area (Å²) in [4.78, 5) is 27.3. The number of halogens is 4. The van der Waals surface area contributed by atoms with E-state index in [4.69, 9.17) is 0 Å². The maximum absolute atomic E-state index is 13.7. The van der Waals surface area contributed by atoms with Crippen LogP contribution in [0.25, 0.3) is 0 Å². The largest absolute Gasteiger partial charge is 0.418 e. The van der Waals surface area contributed by atoms with Crippen LogP contribution in [0.1, 0.15) is 48.3 Å². The van der Waals surface area contributed by atoms with Gasteiger partial charge in [0, 0.05) is 39.4 Å². The SMILES string of the molecule is CC1=C(C(=O)Nc2ccccc2C(F)(F)F)[C@H](c2ccc(Br)cc2)C2=C(C[C@H](c3ccccc3)CC2=O)N1. The number of ketones is 1. The van der Waals surface area contributed by atoms with Crippen LogP contribution in [0.3, 0.4) is 0 Å². The first-order valence-corrected chi connectivity index (χ1v) is 12.9. The van der Waals surface area contributed by atoms with Crippen LogP contribution in [-0.4, -0.2) is 11.7 Å². The number of allylic oxidation sites excluding steroid dienone is 3. The van der Waals surface area contributed by atoms with Gasteiger partial charge in [-0.25, -0.2) is 0 Å². The number of alkyl halides is 3. The van der Waals surface area contributed by atoms with Gasteiger partial charge < -0.3 is 10.6 Å². The molecule has 2 atom stereocenters. The minimum atomic E-state index is -4.63. The van der Waals surface area contributed by atoms with Crippen molar-refractivity contribution in [1.29, 1.82) is 0 Å². The van der Waals surface area contributed by atoms with Gasteiger partial charge in [0.25, 0.3) is 5.91 Å². The molecule has 0 saturated heterocycles. The lowest BCUT2D eigenvalue weighted by Gasteiger charge is -2.37. The summed E-state index contributed by atoms with van der Waals surface area (Å²) in [5.74, 6) is -1.51. The Hall–Kier alpha value is -3.65. The van der Waals surface area contributed by atoms with E-state index in [0.29, 0.717) is 23.3 Å². The van der Waals surface area contributed by atoms with Crippen molar-refractivity contribution in [2.75, 3.05) is 5.32 Å². The average Bonchev–Trinajstić information content (AvgIpc) is 2.88. The van der Waals surface area contributed by atoms with Crippen LogP contribution in [0.4, 0.5) is 18.9 Å². The monoisotopic (exact) mass is 580 g/mol. The fraction of sp³-hybridized carbons (Fsp3) is 0.200. The molecule has 4 nitrogen and oxygen atoms in total. The molecule has 0 fully saturated rings. The van der Waals surface area contributed by atoms with Crippen LogP contribution < -0.4 is 10.6 Å². The zero-order valence-corrected chi connectivity index (χ0v) is 22.0. The summed E-state index contributed by atoms with van der Waals surface area (Å²) in [6.45, 7) is 1.72. The quantitative estimate of drug-likeness (QED) is 0.336. The summed E-state index contributed by atoms with van der Waals surface area (Å²) >= 11 is 3.42. The highest BCUT2D eigenvalue weighted by Crippen LogP contribution is 2.46. The lowest BCUT2D eigenvalue weighted by Crippen LogP contribution is -2.37. The molecule has 0 aromatic heterocycles. The zero-order chi connectivity index (χ0) is 27.0. The van der Waals surface area contributed by atoms with Gasteiger partial charge >= 0.3 is 6.18 Å². The van der Waals surface area contributed by atoms with Gasteiger partial charge in [0.05, 0.1) is 11.3 Å². The fourth-order valence-electron chi connectivity index (χ4n) is 5.32. The molecular formula is C30H24BrF3N2O2. The summed E-state index contributed by atoms with van der Waals surface area (Å²) in [6.07, 6.45) is -3.77. The highest BCUT2D eigenvalue weighted by Gasteiger charge is 2.41. The van der Waals surface area contributed by atoms with E-state index >= 15 is 0 Å². The van der Waals surface area contributed by atoms with E-state index in [0.717, 1.165) is 21.8 Å². The van der Waals surface area contributed by atoms with Crippen molar-refractivity contribution < 1.29 is 22.8 Å². The summed E-state index contributed by atoms with van der Waals surface area (Å²) in [6, 6.07) is 22.0. The Labute approximate surface area is 226 Å². The number of dihydropyridines is 1. The Kier molecular flexibility index (Phi) is 7.01. The van der Waals surface area contributed by atoms with E-state index in [1.807, 2.05) is 54.6 Å². The summed E-state index contributed by atoms with van der Waals surface area (Å²) in [5.41, 5.74) is 2.45. The zero-order valence-electron chi connectivity index (χ0n) is 20.4. The van der Waals surface area contributed by atoms with E-state index in [1.54, 1.807) is 6.92 Å². The molecule has 0 saturated carbocycles. The Balaban J connectivity index is 1.57. The standard InChI is InChI=1S/C30H24BrF3N2O2/c1-17-26(29(38)36-23-10-6-5-9-22(23)30(32,33)34)27(19-11-13-21(31)14-12-19)28-24(35-17)15-20(16-25(28)37)18-7-3-2-4-8-18/h2-14,20,27,35H,15-16H2,1H3,(H,36,38)/t20-,27-/m0/s1. The van der Waals surface area contributed by atoms with Crippen LogP contribution in [0.15, 0.2) is 106 Å². The molecule has 3 aromatic carbocycles. The molecule has 5 rings (SSSR count). The minimum absolute atomic E-state index is 0.0117. The van der Waals surface area contributed by atoms with Crippen molar-refractivity contribution in [3.05, 3.63) is 123 Å². The number of nitrogens with one attached hydrogen (secondary N) is 2. The summed E-state index contributed by atoms with van der Waals surface area (Å²) in [7, 11) is 0. The number of benzene rings is 3. The van der Waals surface area contributed by atoms with E-state index < -0.39 is 23.6 Å². The van der Waals surface area contributed by atoms with Gasteiger partial charge in [-0.2, -0.15) is 13.2 Å². The number of amides is 1.